The highest BCUT2D eigenvalue weighted by atomic mass is 16.6. The third-order valence-corrected chi connectivity index (χ3v) is 3.79. The first-order chi connectivity index (χ1) is 11.1. The molecule has 0 fully saturated rings. The SMILES string of the molecule is Cc1ccc(/C=C2/N=C(CCc3ccc(C)cc3)OC2=O)cc1. The zero-order valence-electron chi connectivity index (χ0n) is 13.4. The summed E-state index contributed by atoms with van der Waals surface area (Å²) >= 11 is 0. The van der Waals surface area contributed by atoms with Crippen LogP contribution < -0.4 is 0 Å². The highest BCUT2D eigenvalue weighted by molar-refractivity contribution is 6.07. The number of benzene rings is 2. The molecular formula is C20H19NO2. The average Bonchev–Trinajstić information content (AvgIpc) is 2.89. The van der Waals surface area contributed by atoms with Gasteiger partial charge < -0.3 is 4.74 Å². The lowest BCUT2D eigenvalue weighted by atomic mass is 10.1. The molecule has 0 spiro atoms. The molecule has 0 bridgehead atoms. The van der Waals surface area contributed by atoms with E-state index in [-0.39, 0.29) is 5.97 Å². The van der Waals surface area contributed by atoms with Crippen molar-refractivity contribution in [2.75, 3.05) is 0 Å². The molecule has 0 atom stereocenters. The molecule has 0 N–H and O–H groups in total. The first-order valence-corrected chi connectivity index (χ1v) is 7.74. The van der Waals surface area contributed by atoms with Crippen LogP contribution in [0.4, 0.5) is 0 Å². The second-order valence-corrected chi connectivity index (χ2v) is 5.82. The van der Waals surface area contributed by atoms with Gasteiger partial charge in [0.25, 0.3) is 0 Å². The first-order valence-electron chi connectivity index (χ1n) is 7.74. The molecule has 2 aromatic rings. The van der Waals surface area contributed by atoms with Gasteiger partial charge in [-0.15, -0.1) is 0 Å². The van der Waals surface area contributed by atoms with Crippen LogP contribution >= 0.6 is 0 Å². The number of carbonyl (C=O) groups excluding carboxylic acids is 1. The topological polar surface area (TPSA) is 38.7 Å². The van der Waals surface area contributed by atoms with Gasteiger partial charge in [-0.2, -0.15) is 0 Å². The summed E-state index contributed by atoms with van der Waals surface area (Å²) in [6.45, 7) is 4.09. The molecule has 0 saturated carbocycles. The van der Waals surface area contributed by atoms with Crippen LogP contribution in [0, 0.1) is 13.8 Å². The van der Waals surface area contributed by atoms with Gasteiger partial charge >= 0.3 is 5.97 Å². The van der Waals surface area contributed by atoms with Crippen LogP contribution in [0.3, 0.4) is 0 Å². The van der Waals surface area contributed by atoms with Crippen molar-refractivity contribution in [2.45, 2.75) is 26.7 Å². The summed E-state index contributed by atoms with van der Waals surface area (Å²) in [6.07, 6.45) is 3.20. The van der Waals surface area contributed by atoms with E-state index in [2.05, 4.69) is 36.2 Å². The van der Waals surface area contributed by atoms with E-state index in [9.17, 15) is 4.79 Å². The third kappa shape index (κ3) is 3.95. The lowest BCUT2D eigenvalue weighted by Gasteiger charge is -2.01. The van der Waals surface area contributed by atoms with Gasteiger partial charge in [-0.25, -0.2) is 9.79 Å². The van der Waals surface area contributed by atoms with Gasteiger partial charge in [0.2, 0.25) is 0 Å². The number of carbonyl (C=O) groups is 1. The van der Waals surface area contributed by atoms with E-state index in [4.69, 9.17) is 4.74 Å². The maximum Gasteiger partial charge on any atom is 0.363 e. The van der Waals surface area contributed by atoms with Crippen molar-refractivity contribution in [1.29, 1.82) is 0 Å². The molecule has 0 unspecified atom stereocenters. The standard InChI is InChI=1S/C20H19NO2/c1-14-3-7-16(8-4-14)11-12-19-21-18(20(22)23-19)13-17-9-5-15(2)6-10-17/h3-10,13H,11-12H2,1-2H3/b18-13+. The average molecular weight is 305 g/mol. The molecule has 1 aliphatic rings. The molecule has 0 amide bonds. The Kier molecular flexibility index (Phi) is 4.38. The summed E-state index contributed by atoms with van der Waals surface area (Å²) in [6, 6.07) is 16.3. The zero-order chi connectivity index (χ0) is 16.2. The van der Waals surface area contributed by atoms with Crippen molar-refractivity contribution in [3.8, 4) is 0 Å². The second-order valence-electron chi connectivity index (χ2n) is 5.82. The lowest BCUT2D eigenvalue weighted by molar-refractivity contribution is -0.130. The number of rotatable bonds is 4. The van der Waals surface area contributed by atoms with Crippen LogP contribution in [0.15, 0.2) is 59.2 Å². The monoisotopic (exact) mass is 305 g/mol. The number of nitrogens with zero attached hydrogens (tertiary/aromatic N) is 1. The van der Waals surface area contributed by atoms with Crippen molar-refractivity contribution < 1.29 is 9.53 Å². The molecule has 3 heteroatoms. The van der Waals surface area contributed by atoms with Crippen molar-refractivity contribution in [3.05, 3.63) is 76.5 Å². The summed E-state index contributed by atoms with van der Waals surface area (Å²) in [5, 5.41) is 0. The molecule has 3 nitrogen and oxygen atoms in total. The van der Waals surface area contributed by atoms with Crippen molar-refractivity contribution in [2.24, 2.45) is 4.99 Å². The van der Waals surface area contributed by atoms with Gasteiger partial charge in [0, 0.05) is 6.42 Å². The fourth-order valence-corrected chi connectivity index (χ4v) is 2.39. The Bertz CT molecular complexity index is 768. The van der Waals surface area contributed by atoms with E-state index in [0.717, 1.165) is 12.0 Å². The number of esters is 1. The van der Waals surface area contributed by atoms with E-state index in [1.165, 1.54) is 16.7 Å². The molecule has 0 radical (unpaired) electrons. The molecule has 116 valence electrons. The van der Waals surface area contributed by atoms with Crippen LogP contribution in [0.1, 0.15) is 28.7 Å². The molecule has 1 heterocycles. The highest BCUT2D eigenvalue weighted by Gasteiger charge is 2.22. The number of aliphatic imine (C=N–C) groups is 1. The number of cyclic esters (lactones) is 1. The molecular weight excluding hydrogens is 286 g/mol. The summed E-state index contributed by atoms with van der Waals surface area (Å²) in [4.78, 5) is 16.2. The zero-order valence-corrected chi connectivity index (χ0v) is 13.4. The predicted octanol–water partition coefficient (Wildman–Crippen LogP) is 4.23. The maximum atomic E-state index is 11.9. The summed E-state index contributed by atoms with van der Waals surface area (Å²) < 4.78 is 5.26. The van der Waals surface area contributed by atoms with Gasteiger partial charge in [-0.05, 0) is 37.5 Å². The Morgan fingerprint density at radius 3 is 2.17 bits per heavy atom. The Morgan fingerprint density at radius 1 is 0.913 bits per heavy atom. The van der Waals surface area contributed by atoms with Gasteiger partial charge in [-0.1, -0.05) is 59.7 Å². The summed E-state index contributed by atoms with van der Waals surface area (Å²) in [5.74, 6) is 0.124. The fourth-order valence-electron chi connectivity index (χ4n) is 2.39. The van der Waals surface area contributed by atoms with Gasteiger partial charge in [0.05, 0.1) is 0 Å². The lowest BCUT2D eigenvalue weighted by Crippen LogP contribution is -2.05. The largest absolute Gasteiger partial charge is 0.407 e. The Hall–Kier alpha value is -2.68. The number of ether oxygens (including phenoxy) is 1. The molecule has 0 saturated heterocycles. The smallest absolute Gasteiger partial charge is 0.363 e. The normalized spacial score (nSPS) is 15.7. The van der Waals surface area contributed by atoms with E-state index < -0.39 is 0 Å². The molecule has 1 aliphatic heterocycles. The second kappa shape index (κ2) is 6.61. The van der Waals surface area contributed by atoms with E-state index >= 15 is 0 Å². The van der Waals surface area contributed by atoms with E-state index in [1.807, 2.05) is 31.2 Å². The van der Waals surface area contributed by atoms with Gasteiger partial charge in [0.15, 0.2) is 11.6 Å². The highest BCUT2D eigenvalue weighted by Crippen LogP contribution is 2.18. The van der Waals surface area contributed by atoms with E-state index in [1.54, 1.807) is 6.08 Å². The Labute approximate surface area is 136 Å². The Morgan fingerprint density at radius 2 is 1.52 bits per heavy atom. The van der Waals surface area contributed by atoms with E-state index in [0.29, 0.717) is 18.0 Å². The Balaban J connectivity index is 1.68. The molecule has 0 aliphatic carbocycles. The van der Waals surface area contributed by atoms with Crippen molar-refractivity contribution >= 4 is 17.9 Å². The predicted molar refractivity (Wildman–Crippen MR) is 92.2 cm³/mol. The molecule has 0 aromatic heterocycles. The van der Waals surface area contributed by atoms with Crippen LogP contribution in [-0.4, -0.2) is 11.9 Å². The van der Waals surface area contributed by atoms with Crippen LogP contribution in [-0.2, 0) is 16.0 Å². The maximum absolute atomic E-state index is 11.9. The van der Waals surface area contributed by atoms with Crippen LogP contribution in [0.25, 0.3) is 6.08 Å². The quantitative estimate of drug-likeness (QED) is 0.626. The van der Waals surface area contributed by atoms with Gasteiger partial charge in [-0.3, -0.25) is 0 Å². The number of aryl methyl sites for hydroxylation is 3. The summed E-state index contributed by atoms with van der Waals surface area (Å²) in [7, 11) is 0. The number of hydrogen-bond donors (Lipinski definition) is 0. The van der Waals surface area contributed by atoms with Crippen molar-refractivity contribution in [3.63, 3.8) is 0 Å². The molecule has 2 aromatic carbocycles. The third-order valence-electron chi connectivity index (χ3n) is 3.79. The minimum Gasteiger partial charge on any atom is -0.407 e. The summed E-state index contributed by atoms with van der Waals surface area (Å²) in [5.41, 5.74) is 4.95. The molecule has 3 rings (SSSR count). The first kappa shape index (κ1) is 15.2. The van der Waals surface area contributed by atoms with Gasteiger partial charge in [0.1, 0.15) is 0 Å². The fraction of sp³-hybridized carbons (Fsp3) is 0.200. The number of hydrogen-bond acceptors (Lipinski definition) is 3. The minimum atomic E-state index is -0.371. The van der Waals surface area contributed by atoms with Crippen molar-refractivity contribution in [1.82, 2.24) is 0 Å². The molecule has 23 heavy (non-hydrogen) atoms. The van der Waals surface area contributed by atoms with Crippen LogP contribution in [0.5, 0.6) is 0 Å². The minimum absolute atomic E-state index is 0.368. The van der Waals surface area contributed by atoms with Crippen LogP contribution in [0.2, 0.25) is 0 Å².